The summed E-state index contributed by atoms with van der Waals surface area (Å²) in [7, 11) is 1.83. The quantitative estimate of drug-likeness (QED) is 0.847. The highest BCUT2D eigenvalue weighted by Gasteiger charge is 2.00. The first-order valence-electron chi connectivity index (χ1n) is 4.93. The molecule has 0 aliphatic heterocycles. The maximum atomic E-state index is 4.20. The lowest BCUT2D eigenvalue weighted by molar-refractivity contribution is 1.09. The Kier molecular flexibility index (Phi) is 3.31. The van der Waals surface area contributed by atoms with Gasteiger partial charge in [-0.15, -0.1) is 11.3 Å². The Morgan fingerprint density at radius 3 is 2.75 bits per heavy atom. The van der Waals surface area contributed by atoms with Crippen molar-refractivity contribution in [2.45, 2.75) is 13.5 Å². The minimum Gasteiger partial charge on any atom is -0.373 e. The Balaban J connectivity index is 1.99. The van der Waals surface area contributed by atoms with E-state index in [9.17, 15) is 0 Å². The van der Waals surface area contributed by atoms with Crippen molar-refractivity contribution < 1.29 is 0 Å². The molecule has 0 saturated heterocycles. The lowest BCUT2D eigenvalue weighted by atomic mass is 10.5. The van der Waals surface area contributed by atoms with Gasteiger partial charge in [0.2, 0.25) is 0 Å². The molecule has 0 aliphatic rings. The van der Waals surface area contributed by atoms with Crippen LogP contribution < -0.4 is 10.6 Å². The average Bonchev–Trinajstić information content (AvgIpc) is 2.73. The molecule has 5 nitrogen and oxygen atoms in total. The molecule has 0 aliphatic carbocycles. The normalized spacial score (nSPS) is 10.1. The monoisotopic (exact) mass is 235 g/mol. The Hall–Kier alpha value is -1.69. The summed E-state index contributed by atoms with van der Waals surface area (Å²) in [5.74, 6) is 1.61. The Labute approximate surface area is 98.0 Å². The van der Waals surface area contributed by atoms with Gasteiger partial charge >= 0.3 is 0 Å². The Morgan fingerprint density at radius 1 is 1.25 bits per heavy atom. The minimum atomic E-state index is 0.742. The number of nitrogens with zero attached hydrogens (tertiary/aromatic N) is 3. The molecule has 0 bridgehead atoms. The van der Waals surface area contributed by atoms with Gasteiger partial charge in [0.1, 0.15) is 18.0 Å². The first-order valence-corrected chi connectivity index (χ1v) is 5.74. The van der Waals surface area contributed by atoms with Gasteiger partial charge in [-0.3, -0.25) is 0 Å². The second kappa shape index (κ2) is 4.89. The van der Waals surface area contributed by atoms with Crippen molar-refractivity contribution in [2.75, 3.05) is 17.7 Å². The van der Waals surface area contributed by atoms with Crippen LogP contribution in [0.5, 0.6) is 0 Å². The summed E-state index contributed by atoms with van der Waals surface area (Å²) in [5.41, 5.74) is 0. The molecular formula is C10H13N5S. The van der Waals surface area contributed by atoms with E-state index in [4.69, 9.17) is 0 Å². The number of hydrogen-bond donors (Lipinski definition) is 2. The Morgan fingerprint density at radius 2 is 2.06 bits per heavy atom. The highest BCUT2D eigenvalue weighted by Crippen LogP contribution is 2.14. The molecule has 2 N–H and O–H groups in total. The maximum Gasteiger partial charge on any atom is 0.131 e. The van der Waals surface area contributed by atoms with Gasteiger partial charge in [-0.25, -0.2) is 15.0 Å². The van der Waals surface area contributed by atoms with Crippen molar-refractivity contribution in [3.63, 3.8) is 0 Å². The van der Waals surface area contributed by atoms with E-state index in [-0.39, 0.29) is 0 Å². The standard InChI is InChI=1S/C10H13N5S/c1-7-12-4-8(16-7)5-13-10-3-9(11-2)14-6-15-10/h3-4,6H,5H2,1-2H3,(H2,11,13,14,15). The molecule has 0 fully saturated rings. The molecule has 16 heavy (non-hydrogen) atoms. The van der Waals surface area contributed by atoms with E-state index in [1.54, 1.807) is 11.3 Å². The second-order valence-corrected chi connectivity index (χ2v) is 4.56. The van der Waals surface area contributed by atoms with Crippen LogP contribution in [0, 0.1) is 6.92 Å². The van der Waals surface area contributed by atoms with Crippen LogP contribution in [0.2, 0.25) is 0 Å². The third-order valence-corrected chi connectivity index (χ3v) is 2.95. The number of rotatable bonds is 4. The highest BCUT2D eigenvalue weighted by molar-refractivity contribution is 7.11. The van der Waals surface area contributed by atoms with Crippen molar-refractivity contribution in [1.29, 1.82) is 0 Å². The maximum absolute atomic E-state index is 4.20. The van der Waals surface area contributed by atoms with E-state index >= 15 is 0 Å². The average molecular weight is 235 g/mol. The lowest BCUT2D eigenvalue weighted by Crippen LogP contribution is -2.01. The van der Waals surface area contributed by atoms with E-state index in [1.807, 2.05) is 26.2 Å². The molecule has 0 radical (unpaired) electrons. The van der Waals surface area contributed by atoms with Crippen molar-refractivity contribution in [3.05, 3.63) is 28.5 Å². The molecule has 0 atom stereocenters. The number of thiazole rings is 1. The topological polar surface area (TPSA) is 62.7 Å². The molecule has 2 rings (SSSR count). The van der Waals surface area contributed by atoms with Gasteiger partial charge < -0.3 is 10.6 Å². The SMILES string of the molecule is CNc1cc(NCc2cnc(C)s2)ncn1. The fourth-order valence-corrected chi connectivity index (χ4v) is 1.99. The molecule has 2 heterocycles. The van der Waals surface area contributed by atoms with E-state index < -0.39 is 0 Å². The second-order valence-electron chi connectivity index (χ2n) is 3.24. The van der Waals surface area contributed by atoms with Crippen LogP contribution in [-0.2, 0) is 6.54 Å². The van der Waals surface area contributed by atoms with Crippen LogP contribution in [0.15, 0.2) is 18.6 Å². The van der Waals surface area contributed by atoms with Crippen molar-refractivity contribution in [3.8, 4) is 0 Å². The molecule has 0 spiro atoms. The smallest absolute Gasteiger partial charge is 0.131 e. The van der Waals surface area contributed by atoms with Gasteiger partial charge in [0.15, 0.2) is 0 Å². The van der Waals surface area contributed by atoms with Crippen LogP contribution in [0.3, 0.4) is 0 Å². The number of anilines is 2. The van der Waals surface area contributed by atoms with Gasteiger partial charge in [0, 0.05) is 24.2 Å². The van der Waals surface area contributed by atoms with Crippen LogP contribution in [-0.4, -0.2) is 22.0 Å². The lowest BCUT2D eigenvalue weighted by Gasteiger charge is -2.04. The zero-order valence-electron chi connectivity index (χ0n) is 9.19. The third-order valence-electron chi connectivity index (χ3n) is 2.04. The summed E-state index contributed by atoms with van der Waals surface area (Å²) >= 11 is 1.68. The van der Waals surface area contributed by atoms with Crippen LogP contribution in [0.1, 0.15) is 9.88 Å². The zero-order valence-corrected chi connectivity index (χ0v) is 10.0. The van der Waals surface area contributed by atoms with E-state index in [0.717, 1.165) is 23.2 Å². The molecule has 6 heteroatoms. The van der Waals surface area contributed by atoms with Crippen LogP contribution >= 0.6 is 11.3 Å². The van der Waals surface area contributed by atoms with E-state index in [1.165, 1.54) is 11.2 Å². The van der Waals surface area contributed by atoms with Crippen molar-refractivity contribution in [1.82, 2.24) is 15.0 Å². The summed E-state index contributed by atoms with van der Waals surface area (Å²) < 4.78 is 0. The van der Waals surface area contributed by atoms with Gasteiger partial charge in [0.25, 0.3) is 0 Å². The number of aromatic nitrogens is 3. The van der Waals surface area contributed by atoms with Gasteiger partial charge in [-0.05, 0) is 6.92 Å². The summed E-state index contributed by atoms with van der Waals surface area (Å²) in [5, 5.41) is 7.28. The Bertz CT molecular complexity index is 468. The van der Waals surface area contributed by atoms with Gasteiger partial charge in [-0.1, -0.05) is 0 Å². The fraction of sp³-hybridized carbons (Fsp3) is 0.300. The summed E-state index contributed by atoms with van der Waals surface area (Å²) in [6, 6.07) is 1.87. The zero-order chi connectivity index (χ0) is 11.4. The van der Waals surface area contributed by atoms with Crippen molar-refractivity contribution in [2.24, 2.45) is 0 Å². The first kappa shape index (κ1) is 10.8. The molecule has 0 aromatic carbocycles. The molecule has 2 aromatic heterocycles. The van der Waals surface area contributed by atoms with Gasteiger partial charge in [0.05, 0.1) is 11.6 Å². The number of nitrogens with one attached hydrogen (secondary N) is 2. The summed E-state index contributed by atoms with van der Waals surface area (Å²) in [6.45, 7) is 2.74. The van der Waals surface area contributed by atoms with Crippen LogP contribution in [0.4, 0.5) is 11.6 Å². The largest absolute Gasteiger partial charge is 0.373 e. The predicted molar refractivity (Wildman–Crippen MR) is 65.8 cm³/mol. The molecule has 0 unspecified atom stereocenters. The third kappa shape index (κ3) is 2.66. The molecule has 0 saturated carbocycles. The van der Waals surface area contributed by atoms with E-state index in [0.29, 0.717) is 0 Å². The minimum absolute atomic E-state index is 0.742. The van der Waals surface area contributed by atoms with Gasteiger partial charge in [-0.2, -0.15) is 0 Å². The number of aryl methyl sites for hydroxylation is 1. The fourth-order valence-electron chi connectivity index (χ4n) is 1.26. The molecular weight excluding hydrogens is 222 g/mol. The summed E-state index contributed by atoms with van der Waals surface area (Å²) in [6.07, 6.45) is 3.42. The van der Waals surface area contributed by atoms with Crippen molar-refractivity contribution >= 4 is 23.0 Å². The molecule has 84 valence electrons. The molecule has 0 amide bonds. The van der Waals surface area contributed by atoms with E-state index in [2.05, 4.69) is 25.6 Å². The number of hydrogen-bond acceptors (Lipinski definition) is 6. The van der Waals surface area contributed by atoms with Crippen LogP contribution in [0.25, 0.3) is 0 Å². The highest BCUT2D eigenvalue weighted by atomic mass is 32.1. The predicted octanol–water partition coefficient (Wildman–Crippen LogP) is 1.90. The summed E-state index contributed by atoms with van der Waals surface area (Å²) in [4.78, 5) is 13.6. The molecule has 2 aromatic rings. The first-order chi connectivity index (χ1) is 7.78.